The molecule has 11 heavy (non-hydrogen) atoms. The Morgan fingerprint density at radius 3 is 2.91 bits per heavy atom. The first-order chi connectivity index (χ1) is 5.15. The number of rotatable bonds is 1. The van der Waals surface area contributed by atoms with Gasteiger partial charge in [0, 0.05) is 13.5 Å². The van der Waals surface area contributed by atoms with E-state index in [1.807, 2.05) is 0 Å². The van der Waals surface area contributed by atoms with E-state index in [0.717, 1.165) is 0 Å². The van der Waals surface area contributed by atoms with Gasteiger partial charge in [0.2, 0.25) is 0 Å². The van der Waals surface area contributed by atoms with Gasteiger partial charge in [-0.1, -0.05) is 0 Å². The number of methoxy groups -OCH3 is 1. The van der Waals surface area contributed by atoms with E-state index in [2.05, 4.69) is 0 Å². The summed E-state index contributed by atoms with van der Waals surface area (Å²) in [7, 11) is 1.44. The van der Waals surface area contributed by atoms with Gasteiger partial charge in [-0.05, 0) is 6.92 Å². The second-order valence-electron chi connectivity index (χ2n) is 2.62. The molecule has 0 radical (unpaired) electrons. The lowest BCUT2D eigenvalue weighted by molar-refractivity contribution is -0.219. The van der Waals surface area contributed by atoms with Crippen molar-refractivity contribution >= 4 is 5.78 Å². The van der Waals surface area contributed by atoms with Crippen LogP contribution in [0.25, 0.3) is 0 Å². The van der Waals surface area contributed by atoms with Crippen molar-refractivity contribution in [3.8, 4) is 0 Å². The lowest BCUT2D eigenvalue weighted by Gasteiger charge is -2.29. The summed E-state index contributed by atoms with van der Waals surface area (Å²) in [6.07, 6.45) is -1.80. The average molecular weight is 160 g/mol. The monoisotopic (exact) mass is 160 g/mol. The number of carbonyl (C=O) groups is 1. The Hall–Kier alpha value is -0.450. The highest BCUT2D eigenvalue weighted by molar-refractivity contribution is 5.83. The molecule has 1 fully saturated rings. The minimum absolute atomic E-state index is 0.0780. The van der Waals surface area contributed by atoms with Crippen LogP contribution in [-0.2, 0) is 14.3 Å². The minimum atomic E-state index is -0.816. The van der Waals surface area contributed by atoms with Gasteiger partial charge in [-0.3, -0.25) is 4.79 Å². The highest BCUT2D eigenvalue weighted by atomic mass is 16.7. The van der Waals surface area contributed by atoms with Crippen molar-refractivity contribution < 1.29 is 19.4 Å². The predicted octanol–water partition coefficient (Wildman–Crippen LogP) is -0.302. The Morgan fingerprint density at radius 1 is 1.73 bits per heavy atom. The van der Waals surface area contributed by atoms with Crippen LogP contribution in [0.2, 0.25) is 0 Å². The maximum atomic E-state index is 10.9. The second kappa shape index (κ2) is 3.30. The standard InChI is InChI=1S/C7H12O4/c1-4-5(8)3-6(9)7(10-2)11-4/h4,6-7,9H,3H2,1-2H3. The molecular weight excluding hydrogens is 148 g/mol. The van der Waals surface area contributed by atoms with E-state index in [1.54, 1.807) is 6.92 Å². The third-order valence-corrected chi connectivity index (χ3v) is 1.75. The summed E-state index contributed by atoms with van der Waals surface area (Å²) in [5, 5.41) is 9.19. The number of aliphatic hydroxyl groups is 1. The van der Waals surface area contributed by atoms with Gasteiger partial charge in [-0.15, -0.1) is 0 Å². The number of hydrogen-bond acceptors (Lipinski definition) is 4. The molecule has 0 aromatic carbocycles. The molecule has 64 valence electrons. The summed E-state index contributed by atoms with van der Waals surface area (Å²) in [5.41, 5.74) is 0. The lowest BCUT2D eigenvalue weighted by atomic mass is 10.1. The van der Waals surface area contributed by atoms with Gasteiger partial charge in [0.05, 0.1) is 0 Å². The number of aliphatic hydroxyl groups excluding tert-OH is 1. The van der Waals surface area contributed by atoms with E-state index >= 15 is 0 Å². The van der Waals surface area contributed by atoms with Crippen LogP contribution in [0.3, 0.4) is 0 Å². The summed E-state index contributed by atoms with van der Waals surface area (Å²) in [4.78, 5) is 10.9. The molecule has 1 aliphatic heterocycles. The quantitative estimate of drug-likeness (QED) is 0.572. The number of hydrogen-bond donors (Lipinski definition) is 1. The second-order valence-corrected chi connectivity index (χ2v) is 2.62. The summed E-state index contributed by atoms with van der Waals surface area (Å²) < 4.78 is 9.84. The molecule has 1 heterocycles. The van der Waals surface area contributed by atoms with Crippen LogP contribution in [0.15, 0.2) is 0 Å². The number of ether oxygens (including phenoxy) is 2. The summed E-state index contributed by atoms with van der Waals surface area (Å²) in [6.45, 7) is 1.65. The van der Waals surface area contributed by atoms with Crippen LogP contribution in [-0.4, -0.2) is 36.5 Å². The maximum absolute atomic E-state index is 10.9. The van der Waals surface area contributed by atoms with E-state index in [-0.39, 0.29) is 12.2 Å². The number of ketones is 1. The fourth-order valence-corrected chi connectivity index (χ4v) is 1.05. The fraction of sp³-hybridized carbons (Fsp3) is 0.857. The van der Waals surface area contributed by atoms with Crippen LogP contribution in [0.4, 0.5) is 0 Å². The molecule has 0 spiro atoms. The van der Waals surface area contributed by atoms with Gasteiger partial charge in [-0.25, -0.2) is 0 Å². The predicted molar refractivity (Wildman–Crippen MR) is 37.0 cm³/mol. The first kappa shape index (κ1) is 8.64. The Bertz CT molecular complexity index is 157. The average Bonchev–Trinajstić information content (AvgIpc) is 1.97. The number of Topliss-reactive ketones (excluding diaryl/α,β-unsaturated/α-hetero) is 1. The van der Waals surface area contributed by atoms with E-state index < -0.39 is 18.5 Å². The summed E-state index contributed by atoms with van der Waals surface area (Å²) in [6, 6.07) is 0. The lowest BCUT2D eigenvalue weighted by Crippen LogP contribution is -2.44. The fourth-order valence-electron chi connectivity index (χ4n) is 1.05. The minimum Gasteiger partial charge on any atom is -0.387 e. The van der Waals surface area contributed by atoms with Crippen LogP contribution in [0, 0.1) is 0 Å². The third-order valence-electron chi connectivity index (χ3n) is 1.75. The molecule has 1 rings (SSSR count). The highest BCUT2D eigenvalue weighted by Crippen LogP contribution is 2.16. The molecule has 0 aromatic heterocycles. The zero-order chi connectivity index (χ0) is 8.43. The Balaban J connectivity index is 2.54. The van der Waals surface area contributed by atoms with Crippen molar-refractivity contribution in [2.45, 2.75) is 31.8 Å². The molecule has 0 aromatic rings. The number of carbonyl (C=O) groups excluding carboxylic acids is 1. The van der Waals surface area contributed by atoms with Crippen molar-refractivity contribution in [3.05, 3.63) is 0 Å². The molecule has 0 amide bonds. The molecule has 1 saturated heterocycles. The van der Waals surface area contributed by atoms with Gasteiger partial charge in [0.15, 0.2) is 12.1 Å². The van der Waals surface area contributed by atoms with Gasteiger partial charge >= 0.3 is 0 Å². The third kappa shape index (κ3) is 1.77. The molecule has 4 heteroatoms. The zero-order valence-electron chi connectivity index (χ0n) is 6.61. The first-order valence-corrected chi connectivity index (χ1v) is 3.54. The van der Waals surface area contributed by atoms with Crippen LogP contribution in [0.1, 0.15) is 13.3 Å². The Labute approximate surface area is 65.1 Å². The van der Waals surface area contributed by atoms with Gasteiger partial charge in [0.25, 0.3) is 0 Å². The normalized spacial score (nSPS) is 39.2. The van der Waals surface area contributed by atoms with Crippen LogP contribution in [0.5, 0.6) is 0 Å². The molecule has 3 unspecified atom stereocenters. The van der Waals surface area contributed by atoms with Gasteiger partial charge in [-0.2, -0.15) is 0 Å². The van der Waals surface area contributed by atoms with Crippen molar-refractivity contribution in [2.24, 2.45) is 0 Å². The van der Waals surface area contributed by atoms with Crippen LogP contribution >= 0.6 is 0 Å². The van der Waals surface area contributed by atoms with E-state index in [9.17, 15) is 9.90 Å². The van der Waals surface area contributed by atoms with Gasteiger partial charge in [0.1, 0.15) is 12.2 Å². The Morgan fingerprint density at radius 2 is 2.36 bits per heavy atom. The SMILES string of the molecule is COC1OC(C)C(=O)CC1O. The molecule has 1 aliphatic rings. The molecular formula is C7H12O4. The van der Waals surface area contributed by atoms with Crippen molar-refractivity contribution in [3.63, 3.8) is 0 Å². The molecule has 3 atom stereocenters. The van der Waals surface area contributed by atoms with E-state index in [4.69, 9.17) is 9.47 Å². The van der Waals surface area contributed by atoms with E-state index in [0.29, 0.717) is 0 Å². The maximum Gasteiger partial charge on any atom is 0.184 e. The molecule has 0 bridgehead atoms. The van der Waals surface area contributed by atoms with Crippen LogP contribution < -0.4 is 0 Å². The first-order valence-electron chi connectivity index (χ1n) is 3.54. The summed E-state index contributed by atoms with van der Waals surface area (Å²) >= 11 is 0. The van der Waals surface area contributed by atoms with Gasteiger partial charge < -0.3 is 14.6 Å². The molecule has 4 nitrogen and oxygen atoms in total. The topological polar surface area (TPSA) is 55.8 Å². The van der Waals surface area contributed by atoms with E-state index in [1.165, 1.54) is 7.11 Å². The largest absolute Gasteiger partial charge is 0.387 e. The van der Waals surface area contributed by atoms with Crippen molar-refractivity contribution in [1.29, 1.82) is 0 Å². The smallest absolute Gasteiger partial charge is 0.184 e. The van der Waals surface area contributed by atoms with Crippen molar-refractivity contribution in [2.75, 3.05) is 7.11 Å². The molecule has 1 N–H and O–H groups in total. The zero-order valence-corrected chi connectivity index (χ0v) is 6.61. The summed E-state index contributed by atoms with van der Waals surface area (Å²) in [5.74, 6) is -0.0780. The molecule has 0 saturated carbocycles. The van der Waals surface area contributed by atoms with Crippen molar-refractivity contribution in [1.82, 2.24) is 0 Å². The highest BCUT2D eigenvalue weighted by Gasteiger charge is 2.33. The molecule has 0 aliphatic carbocycles. The Kier molecular flexibility index (Phi) is 2.59.